The fourth-order valence-electron chi connectivity index (χ4n) is 4.98. The number of likely N-dealkylation sites (N-methyl/N-ethyl adjacent to an activating group) is 1. The molecule has 0 saturated heterocycles. The summed E-state index contributed by atoms with van der Waals surface area (Å²) in [6.07, 6.45) is 0.357. The topological polar surface area (TPSA) is 145 Å². The summed E-state index contributed by atoms with van der Waals surface area (Å²) in [6.45, 7) is 6.83. The predicted molar refractivity (Wildman–Crippen MR) is 174 cm³/mol. The molecule has 0 bridgehead atoms. The lowest BCUT2D eigenvalue weighted by atomic mass is 9.99. The van der Waals surface area contributed by atoms with Gasteiger partial charge in [0.05, 0.1) is 18.2 Å². The number of rotatable bonds is 13. The molecule has 0 unspecified atom stereocenters. The number of aliphatic hydroxyl groups excluding tert-OH is 1. The van der Waals surface area contributed by atoms with Crippen LogP contribution in [0.1, 0.15) is 64.2 Å². The van der Waals surface area contributed by atoms with E-state index in [9.17, 15) is 27.9 Å². The summed E-state index contributed by atoms with van der Waals surface area (Å²) < 4.78 is 26.7. The van der Waals surface area contributed by atoms with Crippen LogP contribution in [0.3, 0.4) is 0 Å². The number of sulfonamides is 1. The van der Waals surface area contributed by atoms with Crippen LogP contribution < -0.4 is 16.0 Å². The van der Waals surface area contributed by atoms with Crippen LogP contribution in [0.2, 0.25) is 0 Å². The van der Waals surface area contributed by atoms with Crippen LogP contribution in [0, 0.1) is 5.92 Å². The predicted octanol–water partition coefficient (Wildman–Crippen LogP) is 3.27. The van der Waals surface area contributed by atoms with Crippen molar-refractivity contribution in [2.75, 3.05) is 20.1 Å². The number of nitrogens with zero attached hydrogens (tertiary/aromatic N) is 1. The first kappa shape index (κ1) is 33.6. The molecule has 0 fully saturated rings. The van der Waals surface area contributed by atoms with Crippen molar-refractivity contribution in [2.45, 2.75) is 45.4 Å². The number of aliphatic hydroxyl groups is 1. The molecule has 4 rings (SSSR count). The van der Waals surface area contributed by atoms with Crippen LogP contribution in [0.4, 0.5) is 0 Å². The Bertz CT molecular complexity index is 1660. The molecule has 1 heterocycles. The third-order valence-corrected chi connectivity index (χ3v) is 9.39. The summed E-state index contributed by atoms with van der Waals surface area (Å²) >= 11 is 0. The van der Waals surface area contributed by atoms with Gasteiger partial charge in [0, 0.05) is 30.8 Å². The molecule has 1 aliphatic rings. The molecular formula is C34H40N4O6S. The highest BCUT2D eigenvalue weighted by atomic mass is 32.2. The van der Waals surface area contributed by atoms with E-state index in [0.29, 0.717) is 23.2 Å². The van der Waals surface area contributed by atoms with Crippen molar-refractivity contribution in [3.05, 3.63) is 113 Å². The van der Waals surface area contributed by atoms with Gasteiger partial charge in [-0.2, -0.15) is 0 Å². The zero-order valence-corrected chi connectivity index (χ0v) is 26.7. The maximum absolute atomic E-state index is 13.8. The van der Waals surface area contributed by atoms with Gasteiger partial charge in [-0.05, 0) is 60.7 Å². The van der Waals surface area contributed by atoms with Gasteiger partial charge in [-0.25, -0.2) is 12.7 Å². The molecular weight excluding hydrogens is 592 g/mol. The normalized spacial score (nSPS) is 16.2. The number of hydrogen-bond donors (Lipinski definition) is 4. The fourth-order valence-corrected chi connectivity index (χ4v) is 6.23. The highest BCUT2D eigenvalue weighted by molar-refractivity contribution is 7.99. The molecule has 1 aliphatic heterocycles. The summed E-state index contributed by atoms with van der Waals surface area (Å²) in [5.41, 5.74) is 1.83. The molecule has 11 heteroatoms. The van der Waals surface area contributed by atoms with E-state index in [4.69, 9.17) is 0 Å². The third kappa shape index (κ3) is 8.44. The summed E-state index contributed by atoms with van der Waals surface area (Å²) in [6, 6.07) is 21.7. The average molecular weight is 633 g/mol. The van der Waals surface area contributed by atoms with Crippen molar-refractivity contribution in [1.82, 2.24) is 20.3 Å². The Kier molecular flexibility index (Phi) is 10.9. The first-order chi connectivity index (χ1) is 21.4. The van der Waals surface area contributed by atoms with Crippen molar-refractivity contribution in [2.24, 2.45) is 5.92 Å². The van der Waals surface area contributed by atoms with Crippen molar-refractivity contribution < 1.29 is 27.9 Å². The maximum atomic E-state index is 13.8. The number of amides is 3. The molecule has 0 aliphatic carbocycles. The minimum Gasteiger partial charge on any atom is -0.390 e. The minimum atomic E-state index is -4.18. The van der Waals surface area contributed by atoms with Crippen LogP contribution in [0.15, 0.2) is 84.9 Å². The molecule has 3 atom stereocenters. The molecule has 10 nitrogen and oxygen atoms in total. The molecule has 3 amide bonds. The molecule has 0 saturated carbocycles. The molecule has 45 heavy (non-hydrogen) atoms. The Morgan fingerprint density at radius 1 is 0.844 bits per heavy atom. The summed E-state index contributed by atoms with van der Waals surface area (Å²) in [5, 5.41) is 20.1. The molecule has 0 aromatic heterocycles. The van der Waals surface area contributed by atoms with E-state index in [1.165, 1.54) is 18.2 Å². The van der Waals surface area contributed by atoms with Crippen molar-refractivity contribution in [3.8, 4) is 0 Å². The lowest BCUT2D eigenvalue weighted by Crippen LogP contribution is -2.49. The van der Waals surface area contributed by atoms with Gasteiger partial charge in [0.1, 0.15) is 4.91 Å². The molecule has 4 N–H and O–H groups in total. The number of carbonyl (C=O) groups excluding carboxylic acids is 3. The van der Waals surface area contributed by atoms with Gasteiger partial charge in [-0.1, -0.05) is 74.5 Å². The lowest BCUT2D eigenvalue weighted by Gasteiger charge is -2.25. The van der Waals surface area contributed by atoms with E-state index in [0.717, 1.165) is 24.3 Å². The van der Waals surface area contributed by atoms with Crippen LogP contribution in [0.25, 0.3) is 4.91 Å². The van der Waals surface area contributed by atoms with Gasteiger partial charge < -0.3 is 21.1 Å². The Morgan fingerprint density at radius 3 is 1.98 bits per heavy atom. The van der Waals surface area contributed by atoms with E-state index in [2.05, 4.69) is 29.8 Å². The zero-order valence-electron chi connectivity index (χ0n) is 25.9. The van der Waals surface area contributed by atoms with E-state index in [-0.39, 0.29) is 34.2 Å². The van der Waals surface area contributed by atoms with Crippen LogP contribution in [-0.2, 0) is 21.2 Å². The second-order valence-corrected chi connectivity index (χ2v) is 13.6. The summed E-state index contributed by atoms with van der Waals surface area (Å²) in [7, 11) is -3.03. The number of carbonyl (C=O) groups is 3. The van der Waals surface area contributed by atoms with Crippen LogP contribution >= 0.6 is 0 Å². The quantitative estimate of drug-likeness (QED) is 0.226. The third-order valence-electron chi connectivity index (χ3n) is 7.58. The number of hydrogen-bond acceptors (Lipinski definition) is 7. The molecule has 0 radical (unpaired) electrons. The number of benzene rings is 3. The van der Waals surface area contributed by atoms with Crippen LogP contribution in [-0.4, -0.2) is 67.8 Å². The average Bonchev–Trinajstić information content (AvgIpc) is 3.23. The Morgan fingerprint density at radius 2 is 1.42 bits per heavy atom. The lowest BCUT2D eigenvalue weighted by molar-refractivity contribution is -0.120. The van der Waals surface area contributed by atoms with Gasteiger partial charge >= 0.3 is 0 Å². The molecule has 238 valence electrons. The zero-order chi connectivity index (χ0) is 32.7. The molecule has 3 aromatic carbocycles. The Hall–Kier alpha value is -4.32. The summed E-state index contributed by atoms with van der Waals surface area (Å²) in [5.74, 6) is -1.51. The fraction of sp³-hybridized carbons (Fsp3) is 0.324. The highest BCUT2D eigenvalue weighted by Gasteiger charge is 2.36. The molecule has 0 spiro atoms. The summed E-state index contributed by atoms with van der Waals surface area (Å²) in [4.78, 5) is 39.3. The highest BCUT2D eigenvalue weighted by Crippen LogP contribution is 2.31. The van der Waals surface area contributed by atoms with Gasteiger partial charge in [-0.3, -0.25) is 14.4 Å². The first-order valence-corrected chi connectivity index (χ1v) is 16.3. The number of nitrogens with one attached hydrogen (secondary N) is 3. The van der Waals surface area contributed by atoms with Gasteiger partial charge in [0.25, 0.3) is 27.7 Å². The van der Waals surface area contributed by atoms with E-state index in [1.807, 2.05) is 67.6 Å². The second kappa shape index (κ2) is 14.6. The van der Waals surface area contributed by atoms with Gasteiger partial charge in [0.15, 0.2) is 0 Å². The molecule has 3 aromatic rings. The van der Waals surface area contributed by atoms with E-state index in [1.54, 1.807) is 0 Å². The largest absolute Gasteiger partial charge is 0.390 e. The van der Waals surface area contributed by atoms with Crippen molar-refractivity contribution >= 4 is 32.6 Å². The Balaban J connectivity index is 1.68. The maximum Gasteiger partial charge on any atom is 0.267 e. The smallest absolute Gasteiger partial charge is 0.267 e. The monoisotopic (exact) mass is 632 g/mol. The van der Waals surface area contributed by atoms with Crippen molar-refractivity contribution in [1.29, 1.82) is 0 Å². The van der Waals surface area contributed by atoms with Gasteiger partial charge in [0.2, 0.25) is 0 Å². The van der Waals surface area contributed by atoms with Gasteiger partial charge in [-0.15, -0.1) is 0 Å². The van der Waals surface area contributed by atoms with Crippen molar-refractivity contribution in [3.63, 3.8) is 0 Å². The first-order valence-electron chi connectivity index (χ1n) is 14.9. The Labute approximate surface area is 264 Å². The second-order valence-electron chi connectivity index (χ2n) is 11.6. The standard InChI is InChI=1S/C34H40N4O6S/c1-22(2)20-35-21-30(39)29(15-24-11-7-5-8-12-24)37-34(42)28-17-26(31-19-32(40)38(4)45(31,43)44)16-27(18-28)33(41)36-23(3)25-13-9-6-10-14-25/h5-14,16-19,22-23,29-30,35,39H,15,20-21H2,1-4H3,(H,36,41)(H,37,42)/t23-,29+,30-/m1/s1. The van der Waals surface area contributed by atoms with Crippen LogP contribution in [0.5, 0.6) is 0 Å². The SMILES string of the molecule is CC(C)CNC[C@@H](O)[C@H](Cc1ccccc1)NC(=O)c1cc(C(=O)N[C@H](C)c2ccccc2)cc(C2=CC(=O)N(C)S2(=O)=O)c1. The minimum absolute atomic E-state index is 0.00326. The van der Waals surface area contributed by atoms with E-state index < -0.39 is 39.9 Å². The van der Waals surface area contributed by atoms with E-state index >= 15 is 0 Å².